The van der Waals surface area contributed by atoms with Gasteiger partial charge in [0.2, 0.25) is 5.91 Å². The van der Waals surface area contributed by atoms with Gasteiger partial charge in [-0.15, -0.1) is 22.7 Å². The summed E-state index contributed by atoms with van der Waals surface area (Å²) in [5.41, 5.74) is 1.40. The van der Waals surface area contributed by atoms with Crippen LogP contribution in [-0.2, 0) is 11.2 Å². The molecule has 0 aliphatic carbocycles. The molecule has 1 amide bonds. The van der Waals surface area contributed by atoms with Gasteiger partial charge in [-0.05, 0) is 0 Å². The highest BCUT2D eigenvalue weighted by molar-refractivity contribution is 8.01. The maximum Gasteiger partial charge on any atom is 0.232 e. The number of aromatic nitrogens is 2. The van der Waals surface area contributed by atoms with Gasteiger partial charge in [0, 0.05) is 22.5 Å². The number of amides is 1. The molecule has 0 unspecified atom stereocenters. The standard InChI is InChI=1S/C16H13N3O2S3/c20-13(11-4-2-1-3-5-11)10-24-16-18-12(9-23-16)8-14(21)19-15-17-6-7-22-15/h1-7,9H,8,10H2,(H,17,19,21). The van der Waals surface area contributed by atoms with Gasteiger partial charge in [-0.25, -0.2) is 9.97 Å². The lowest BCUT2D eigenvalue weighted by Gasteiger charge is -1.99. The molecule has 3 rings (SSSR count). The van der Waals surface area contributed by atoms with E-state index in [1.807, 2.05) is 23.6 Å². The van der Waals surface area contributed by atoms with Gasteiger partial charge in [0.25, 0.3) is 0 Å². The molecule has 3 aromatic rings. The molecule has 0 spiro atoms. The predicted octanol–water partition coefficient (Wildman–Crippen LogP) is 3.76. The van der Waals surface area contributed by atoms with Crippen molar-refractivity contribution < 1.29 is 9.59 Å². The molecule has 5 nitrogen and oxygen atoms in total. The van der Waals surface area contributed by atoms with E-state index in [4.69, 9.17) is 0 Å². The largest absolute Gasteiger partial charge is 0.302 e. The van der Waals surface area contributed by atoms with Crippen molar-refractivity contribution in [1.82, 2.24) is 9.97 Å². The molecule has 8 heteroatoms. The Kier molecular flexibility index (Phi) is 5.73. The molecule has 0 saturated carbocycles. The van der Waals surface area contributed by atoms with Crippen molar-refractivity contribution in [1.29, 1.82) is 0 Å². The van der Waals surface area contributed by atoms with Crippen LogP contribution in [0.4, 0.5) is 5.13 Å². The molecule has 0 fully saturated rings. The Morgan fingerprint density at radius 2 is 2.00 bits per heavy atom. The Bertz CT molecular complexity index is 816. The van der Waals surface area contributed by atoms with Gasteiger partial charge in [-0.2, -0.15) is 0 Å². The van der Waals surface area contributed by atoms with Crippen LogP contribution in [-0.4, -0.2) is 27.4 Å². The number of carbonyl (C=O) groups is 2. The van der Waals surface area contributed by atoms with Crippen LogP contribution in [0.15, 0.2) is 51.6 Å². The summed E-state index contributed by atoms with van der Waals surface area (Å²) in [5.74, 6) is 0.258. The first-order chi connectivity index (χ1) is 11.7. The SMILES string of the molecule is O=C(Cc1csc(SCC(=O)c2ccccc2)n1)Nc1nccs1. The summed E-state index contributed by atoms with van der Waals surface area (Å²) in [6, 6.07) is 9.19. The van der Waals surface area contributed by atoms with Crippen molar-refractivity contribution in [3.05, 3.63) is 58.5 Å². The molecule has 1 N–H and O–H groups in total. The van der Waals surface area contributed by atoms with Gasteiger partial charge in [0.05, 0.1) is 17.9 Å². The van der Waals surface area contributed by atoms with Gasteiger partial charge < -0.3 is 5.32 Å². The number of rotatable bonds is 7. The Morgan fingerprint density at radius 1 is 1.17 bits per heavy atom. The lowest BCUT2D eigenvalue weighted by Crippen LogP contribution is -2.14. The monoisotopic (exact) mass is 375 g/mol. The number of ketones is 1. The van der Waals surface area contributed by atoms with Crippen LogP contribution < -0.4 is 5.32 Å². The van der Waals surface area contributed by atoms with Crippen LogP contribution in [0, 0.1) is 0 Å². The minimum Gasteiger partial charge on any atom is -0.302 e. The van der Waals surface area contributed by atoms with Crippen molar-refractivity contribution in [2.24, 2.45) is 0 Å². The summed E-state index contributed by atoms with van der Waals surface area (Å²) in [5, 5.41) is 6.95. The number of Topliss-reactive ketones (excluding diaryl/α,β-unsaturated/α-hetero) is 1. The third kappa shape index (κ3) is 4.73. The van der Waals surface area contributed by atoms with E-state index in [2.05, 4.69) is 15.3 Å². The van der Waals surface area contributed by atoms with Crippen LogP contribution in [0.25, 0.3) is 0 Å². The summed E-state index contributed by atoms with van der Waals surface area (Å²) >= 11 is 4.21. The third-order valence-electron chi connectivity index (χ3n) is 2.97. The number of nitrogens with zero attached hydrogens (tertiary/aromatic N) is 2. The fourth-order valence-electron chi connectivity index (χ4n) is 1.88. The lowest BCUT2D eigenvalue weighted by atomic mass is 10.2. The molecule has 122 valence electrons. The minimum absolute atomic E-state index is 0.0684. The van der Waals surface area contributed by atoms with Crippen molar-refractivity contribution in [2.45, 2.75) is 10.8 Å². The van der Waals surface area contributed by atoms with E-state index < -0.39 is 0 Å². The van der Waals surface area contributed by atoms with Crippen molar-refractivity contribution >= 4 is 51.3 Å². The number of hydrogen-bond donors (Lipinski definition) is 1. The number of benzene rings is 1. The zero-order chi connectivity index (χ0) is 16.8. The molecule has 0 aliphatic heterocycles. The molecule has 2 heterocycles. The first kappa shape index (κ1) is 16.8. The van der Waals surface area contributed by atoms with Crippen molar-refractivity contribution in [2.75, 3.05) is 11.1 Å². The van der Waals surface area contributed by atoms with Crippen LogP contribution in [0.3, 0.4) is 0 Å². The Hall–Kier alpha value is -2.03. The van der Waals surface area contributed by atoms with E-state index in [-0.39, 0.29) is 18.1 Å². The third-order valence-corrected chi connectivity index (χ3v) is 5.73. The number of carbonyl (C=O) groups excluding carboxylic acids is 2. The zero-order valence-electron chi connectivity index (χ0n) is 12.5. The molecule has 2 aromatic heterocycles. The van der Waals surface area contributed by atoms with E-state index in [9.17, 15) is 9.59 Å². The highest BCUT2D eigenvalue weighted by Gasteiger charge is 2.11. The molecule has 0 radical (unpaired) electrons. The highest BCUT2D eigenvalue weighted by atomic mass is 32.2. The fourth-order valence-corrected chi connectivity index (χ4v) is 4.17. The Balaban J connectivity index is 1.50. The smallest absolute Gasteiger partial charge is 0.232 e. The quantitative estimate of drug-likeness (QED) is 0.503. The maximum atomic E-state index is 12.1. The Morgan fingerprint density at radius 3 is 2.75 bits per heavy atom. The zero-order valence-corrected chi connectivity index (χ0v) is 14.9. The molecule has 24 heavy (non-hydrogen) atoms. The van der Waals surface area contributed by atoms with E-state index in [0.717, 1.165) is 4.34 Å². The number of hydrogen-bond acceptors (Lipinski definition) is 7. The van der Waals surface area contributed by atoms with E-state index in [1.54, 1.807) is 23.7 Å². The summed E-state index contributed by atoms with van der Waals surface area (Å²) in [6.45, 7) is 0. The van der Waals surface area contributed by atoms with Crippen LogP contribution in [0.5, 0.6) is 0 Å². The van der Waals surface area contributed by atoms with Gasteiger partial charge >= 0.3 is 0 Å². The highest BCUT2D eigenvalue weighted by Crippen LogP contribution is 2.24. The first-order valence-corrected chi connectivity index (χ1v) is 9.80. The van der Waals surface area contributed by atoms with Gasteiger partial charge in [0.1, 0.15) is 0 Å². The number of anilines is 1. The average Bonchev–Trinajstić information content (AvgIpc) is 3.25. The summed E-state index contributed by atoms with van der Waals surface area (Å²) in [7, 11) is 0. The second-order valence-corrected chi connectivity index (χ2v) is 7.72. The number of nitrogens with one attached hydrogen (secondary N) is 1. The summed E-state index contributed by atoms with van der Waals surface area (Å²) in [6.07, 6.45) is 1.84. The van der Waals surface area contributed by atoms with Gasteiger partial charge in [-0.1, -0.05) is 42.1 Å². The average molecular weight is 376 g/mol. The molecule has 0 bridgehead atoms. The summed E-state index contributed by atoms with van der Waals surface area (Å²) in [4.78, 5) is 32.4. The van der Waals surface area contributed by atoms with Crippen molar-refractivity contribution in [3.8, 4) is 0 Å². The van der Waals surface area contributed by atoms with E-state index in [1.165, 1.54) is 34.4 Å². The second-order valence-electron chi connectivity index (χ2n) is 4.74. The van der Waals surface area contributed by atoms with Crippen molar-refractivity contribution in [3.63, 3.8) is 0 Å². The Labute approximate surface area is 151 Å². The normalized spacial score (nSPS) is 10.5. The number of thiazole rings is 2. The number of thioether (sulfide) groups is 1. The molecular weight excluding hydrogens is 362 g/mol. The minimum atomic E-state index is -0.146. The van der Waals surface area contributed by atoms with Gasteiger partial charge in [0.15, 0.2) is 15.3 Å². The second kappa shape index (κ2) is 8.18. The first-order valence-electron chi connectivity index (χ1n) is 7.05. The van der Waals surface area contributed by atoms with Crippen LogP contribution in [0.1, 0.15) is 16.1 Å². The van der Waals surface area contributed by atoms with E-state index >= 15 is 0 Å². The van der Waals surface area contributed by atoms with E-state index in [0.29, 0.717) is 22.1 Å². The molecular formula is C16H13N3O2S3. The van der Waals surface area contributed by atoms with Crippen LogP contribution in [0.2, 0.25) is 0 Å². The summed E-state index contributed by atoms with van der Waals surface area (Å²) < 4.78 is 0.788. The molecule has 0 atom stereocenters. The predicted molar refractivity (Wildman–Crippen MR) is 98.1 cm³/mol. The topological polar surface area (TPSA) is 72.0 Å². The lowest BCUT2D eigenvalue weighted by molar-refractivity contribution is -0.115. The molecule has 1 aromatic carbocycles. The van der Waals surface area contributed by atoms with Gasteiger partial charge in [-0.3, -0.25) is 9.59 Å². The molecule has 0 saturated heterocycles. The maximum absolute atomic E-state index is 12.1. The fraction of sp³-hybridized carbons (Fsp3) is 0.125. The van der Waals surface area contributed by atoms with Crippen LogP contribution >= 0.6 is 34.4 Å². The molecule has 0 aliphatic rings.